The summed E-state index contributed by atoms with van der Waals surface area (Å²) in [6.45, 7) is 3.77. The van der Waals surface area contributed by atoms with E-state index in [1.165, 1.54) is 29.8 Å². The first-order valence-electron chi connectivity index (χ1n) is 9.25. The van der Waals surface area contributed by atoms with E-state index >= 15 is 0 Å². The maximum Gasteiger partial charge on any atom is 0.129 e. The average molecular weight is 342 g/mol. The van der Waals surface area contributed by atoms with Crippen LogP contribution < -0.4 is 4.74 Å². The second kappa shape index (κ2) is 10.0. The highest BCUT2D eigenvalue weighted by atomic mass is 16.5. The highest BCUT2D eigenvalue weighted by Crippen LogP contribution is 2.16. The molecule has 0 saturated heterocycles. The number of hydrogen-bond donors (Lipinski definition) is 1. The number of aryl methyl sites for hydroxylation is 2. The Balaban J connectivity index is 1.74. The molecule has 2 rings (SSSR count). The number of methoxy groups -OCH3 is 1. The summed E-state index contributed by atoms with van der Waals surface area (Å²) in [5.41, 5.74) is 3.60. The summed E-state index contributed by atoms with van der Waals surface area (Å²) in [5, 5.41) is 0. The number of rotatable bonds is 11. The molecule has 0 fully saturated rings. The molecule has 0 atom stereocenters. The van der Waals surface area contributed by atoms with Crippen LogP contribution in [0.4, 0.5) is 0 Å². The minimum Gasteiger partial charge on any atom is -0.497 e. The highest BCUT2D eigenvalue weighted by Gasteiger charge is 2.07. The van der Waals surface area contributed by atoms with Gasteiger partial charge in [0.2, 0.25) is 0 Å². The molecule has 0 saturated carbocycles. The third-order valence-corrected chi connectivity index (χ3v) is 4.51. The first-order valence-corrected chi connectivity index (χ1v) is 9.25. The maximum atomic E-state index is 10.9. The van der Waals surface area contributed by atoms with Crippen molar-refractivity contribution in [3.05, 3.63) is 47.0 Å². The van der Waals surface area contributed by atoms with E-state index < -0.39 is 0 Å². The van der Waals surface area contributed by atoms with Gasteiger partial charge in [-0.05, 0) is 50.8 Å². The van der Waals surface area contributed by atoms with Crippen LogP contribution in [-0.2, 0) is 17.6 Å². The van der Waals surface area contributed by atoms with Gasteiger partial charge in [0.15, 0.2) is 0 Å². The van der Waals surface area contributed by atoms with Crippen molar-refractivity contribution < 1.29 is 9.53 Å². The predicted molar refractivity (Wildman–Crippen MR) is 101 cm³/mol. The number of H-pyrrole nitrogens is 1. The molecule has 1 aromatic carbocycles. The van der Waals surface area contributed by atoms with Gasteiger partial charge < -0.3 is 14.5 Å². The molecule has 4 nitrogen and oxygen atoms in total. The third-order valence-electron chi connectivity index (χ3n) is 4.51. The molecule has 1 aromatic heterocycles. The van der Waals surface area contributed by atoms with Gasteiger partial charge in [-0.25, -0.2) is 4.98 Å². The lowest BCUT2D eigenvalue weighted by molar-refractivity contribution is -0.117. The molecule has 0 bridgehead atoms. The summed E-state index contributed by atoms with van der Waals surface area (Å²) in [5.74, 6) is 2.21. The second-order valence-corrected chi connectivity index (χ2v) is 6.75. The molecular formula is C21H30N2O2. The van der Waals surface area contributed by atoms with Gasteiger partial charge in [-0.3, -0.25) is 0 Å². The second-order valence-electron chi connectivity index (χ2n) is 6.75. The lowest BCUT2D eigenvalue weighted by Gasteiger charge is -2.01. The summed E-state index contributed by atoms with van der Waals surface area (Å²) in [4.78, 5) is 19.1. The molecule has 0 radical (unpaired) electrons. The Morgan fingerprint density at radius 1 is 1.08 bits per heavy atom. The molecule has 0 aliphatic carbocycles. The summed E-state index contributed by atoms with van der Waals surface area (Å²) in [6.07, 6.45) is 8.33. The maximum absolute atomic E-state index is 10.9. The first kappa shape index (κ1) is 19.2. The Labute approximate surface area is 151 Å². The highest BCUT2D eigenvalue weighted by molar-refractivity contribution is 5.75. The fraction of sp³-hybridized carbons (Fsp3) is 0.524. The minimum absolute atomic E-state index is 0.302. The van der Waals surface area contributed by atoms with Crippen molar-refractivity contribution in [3.8, 4) is 5.75 Å². The first-order chi connectivity index (χ1) is 12.1. The number of ether oxygens (including phenoxy) is 1. The number of carbonyl (C=O) groups excluding carboxylic acids is 1. The molecule has 0 amide bonds. The standard InChI is InChI=1S/C21H30N2O2/c1-16(24)9-7-5-4-6-8-10-20-17(2)22-21(23-20)15-18-11-13-19(25-3)14-12-18/h11-14H,4-10,15H2,1-3H3,(H,22,23). The number of nitrogens with zero attached hydrogens (tertiary/aromatic N) is 1. The van der Waals surface area contributed by atoms with Crippen molar-refractivity contribution in [1.82, 2.24) is 9.97 Å². The van der Waals surface area contributed by atoms with Crippen molar-refractivity contribution in [3.63, 3.8) is 0 Å². The van der Waals surface area contributed by atoms with Crippen LogP contribution in [0.1, 0.15) is 68.2 Å². The van der Waals surface area contributed by atoms with Crippen LogP contribution in [0.5, 0.6) is 5.75 Å². The van der Waals surface area contributed by atoms with Gasteiger partial charge in [0, 0.05) is 18.5 Å². The number of hydrogen-bond acceptors (Lipinski definition) is 3. The molecular weight excluding hydrogens is 312 g/mol. The van der Waals surface area contributed by atoms with Gasteiger partial charge >= 0.3 is 0 Å². The van der Waals surface area contributed by atoms with Crippen molar-refractivity contribution in [1.29, 1.82) is 0 Å². The van der Waals surface area contributed by atoms with Crippen LogP contribution in [0.2, 0.25) is 0 Å². The Hall–Kier alpha value is -2.10. The summed E-state index contributed by atoms with van der Waals surface area (Å²) < 4.78 is 5.19. The van der Waals surface area contributed by atoms with Crippen LogP contribution >= 0.6 is 0 Å². The number of Topliss-reactive ketones (excluding diaryl/α,β-unsaturated/α-hetero) is 1. The van der Waals surface area contributed by atoms with E-state index in [0.717, 1.165) is 50.1 Å². The fourth-order valence-electron chi connectivity index (χ4n) is 3.02. The number of nitrogens with one attached hydrogen (secondary N) is 1. The number of imidazole rings is 1. The quantitative estimate of drug-likeness (QED) is 0.597. The minimum atomic E-state index is 0.302. The van der Waals surface area contributed by atoms with Crippen LogP contribution in [0.15, 0.2) is 24.3 Å². The lowest BCUT2D eigenvalue weighted by Crippen LogP contribution is -1.93. The molecule has 136 valence electrons. The molecule has 0 spiro atoms. The van der Waals surface area contributed by atoms with E-state index in [1.54, 1.807) is 14.0 Å². The molecule has 0 unspecified atom stereocenters. The van der Waals surface area contributed by atoms with Gasteiger partial charge in [-0.15, -0.1) is 0 Å². The molecule has 25 heavy (non-hydrogen) atoms. The van der Waals surface area contributed by atoms with Crippen LogP contribution in [0, 0.1) is 6.92 Å². The monoisotopic (exact) mass is 342 g/mol. The number of aromatic nitrogens is 2. The smallest absolute Gasteiger partial charge is 0.129 e. The van der Waals surface area contributed by atoms with Crippen LogP contribution in [0.3, 0.4) is 0 Å². The molecule has 1 N–H and O–H groups in total. The van der Waals surface area contributed by atoms with Gasteiger partial charge in [0.05, 0.1) is 12.8 Å². The van der Waals surface area contributed by atoms with Gasteiger partial charge in [0.1, 0.15) is 17.4 Å². The third kappa shape index (κ3) is 6.73. The molecule has 2 aromatic rings. The Bertz CT molecular complexity index is 659. The van der Waals surface area contributed by atoms with Gasteiger partial charge in [-0.1, -0.05) is 31.4 Å². The number of carbonyl (C=O) groups is 1. The van der Waals surface area contributed by atoms with E-state index in [-0.39, 0.29) is 0 Å². The van der Waals surface area contributed by atoms with Gasteiger partial charge in [-0.2, -0.15) is 0 Å². The van der Waals surface area contributed by atoms with Crippen LogP contribution in [0.25, 0.3) is 0 Å². The molecule has 4 heteroatoms. The number of aromatic amines is 1. The van der Waals surface area contributed by atoms with Crippen molar-refractivity contribution >= 4 is 5.78 Å². The molecule has 1 heterocycles. The zero-order valence-electron chi connectivity index (χ0n) is 15.7. The Kier molecular flexibility index (Phi) is 7.71. The van der Waals surface area contributed by atoms with Crippen molar-refractivity contribution in [2.45, 2.75) is 65.2 Å². The average Bonchev–Trinajstić information content (AvgIpc) is 2.94. The number of unbranched alkanes of at least 4 members (excludes halogenated alkanes) is 4. The lowest BCUT2D eigenvalue weighted by atomic mass is 10.1. The number of benzene rings is 1. The Morgan fingerprint density at radius 3 is 2.44 bits per heavy atom. The zero-order chi connectivity index (χ0) is 18.1. The van der Waals surface area contributed by atoms with Crippen molar-refractivity contribution in [2.24, 2.45) is 0 Å². The summed E-state index contributed by atoms with van der Waals surface area (Å²) >= 11 is 0. The SMILES string of the molecule is COc1ccc(Cc2nc(CCCCCCCC(C)=O)c(C)[nH]2)cc1. The van der Waals surface area contributed by atoms with E-state index in [4.69, 9.17) is 9.72 Å². The molecule has 0 aliphatic rings. The van der Waals surface area contributed by atoms with E-state index in [0.29, 0.717) is 5.78 Å². The van der Waals surface area contributed by atoms with Gasteiger partial charge in [0.25, 0.3) is 0 Å². The van der Waals surface area contributed by atoms with E-state index in [1.807, 2.05) is 12.1 Å². The Morgan fingerprint density at radius 2 is 1.76 bits per heavy atom. The summed E-state index contributed by atoms with van der Waals surface area (Å²) in [7, 11) is 1.68. The normalized spacial score (nSPS) is 10.8. The topological polar surface area (TPSA) is 55.0 Å². The fourth-order valence-corrected chi connectivity index (χ4v) is 3.02. The predicted octanol–water partition coefficient (Wildman–Crippen LogP) is 4.79. The molecule has 0 aliphatic heterocycles. The van der Waals surface area contributed by atoms with Crippen molar-refractivity contribution in [2.75, 3.05) is 7.11 Å². The van der Waals surface area contributed by atoms with E-state index in [9.17, 15) is 4.79 Å². The summed E-state index contributed by atoms with van der Waals surface area (Å²) in [6, 6.07) is 8.13. The van der Waals surface area contributed by atoms with E-state index in [2.05, 4.69) is 24.0 Å². The largest absolute Gasteiger partial charge is 0.497 e. The van der Waals surface area contributed by atoms with Crippen LogP contribution in [-0.4, -0.2) is 22.9 Å². The zero-order valence-corrected chi connectivity index (χ0v) is 15.7. The number of ketones is 1.